The molecule has 1 aliphatic carbocycles. The summed E-state index contributed by atoms with van der Waals surface area (Å²) in [7, 11) is 0. The van der Waals surface area contributed by atoms with E-state index in [9.17, 15) is 4.79 Å². The van der Waals surface area contributed by atoms with E-state index in [2.05, 4.69) is 27.7 Å². The van der Waals surface area contributed by atoms with Gasteiger partial charge in [0.25, 0.3) is 0 Å². The van der Waals surface area contributed by atoms with Crippen molar-refractivity contribution in [2.24, 2.45) is 35.3 Å². The Bertz CT molecular complexity index is 212. The molecule has 4 atom stereocenters. The van der Waals surface area contributed by atoms with Gasteiger partial charge in [-0.05, 0) is 36.5 Å². The minimum atomic E-state index is -0.0953. The maximum absolute atomic E-state index is 11.4. The third-order valence-corrected chi connectivity index (χ3v) is 3.69. The minimum Gasteiger partial charge on any atom is -0.369 e. The van der Waals surface area contributed by atoms with Crippen molar-refractivity contribution in [2.45, 2.75) is 40.5 Å². The molecular weight excluding hydrogens is 174 g/mol. The Hall–Kier alpha value is -0.530. The first kappa shape index (κ1) is 11.5. The smallest absolute Gasteiger partial charge is 0.220 e. The van der Waals surface area contributed by atoms with E-state index in [4.69, 9.17) is 5.73 Å². The van der Waals surface area contributed by atoms with E-state index in [1.54, 1.807) is 0 Å². The van der Waals surface area contributed by atoms with Crippen molar-refractivity contribution in [1.29, 1.82) is 0 Å². The summed E-state index contributed by atoms with van der Waals surface area (Å²) in [6.45, 7) is 8.89. The number of rotatable bonds is 2. The number of hydrogen-bond donors (Lipinski definition) is 1. The first-order valence-electron chi connectivity index (χ1n) is 5.72. The van der Waals surface area contributed by atoms with E-state index in [0.717, 1.165) is 6.42 Å². The largest absolute Gasteiger partial charge is 0.369 e. The summed E-state index contributed by atoms with van der Waals surface area (Å²) in [6, 6.07) is 0. The lowest BCUT2D eigenvalue weighted by Crippen LogP contribution is -2.41. The van der Waals surface area contributed by atoms with Gasteiger partial charge in [0.2, 0.25) is 5.91 Å². The maximum atomic E-state index is 11.4. The van der Waals surface area contributed by atoms with E-state index in [-0.39, 0.29) is 11.8 Å². The van der Waals surface area contributed by atoms with Crippen LogP contribution in [0.5, 0.6) is 0 Å². The van der Waals surface area contributed by atoms with E-state index in [1.807, 2.05) is 0 Å². The van der Waals surface area contributed by atoms with Gasteiger partial charge in [-0.2, -0.15) is 0 Å². The van der Waals surface area contributed by atoms with Crippen LogP contribution in [-0.2, 0) is 4.79 Å². The quantitative estimate of drug-likeness (QED) is 0.726. The van der Waals surface area contributed by atoms with E-state index in [0.29, 0.717) is 23.7 Å². The number of carbonyl (C=O) groups is 1. The number of carbonyl (C=O) groups excluding carboxylic acids is 1. The van der Waals surface area contributed by atoms with Crippen molar-refractivity contribution in [3.05, 3.63) is 0 Å². The molecule has 0 aromatic heterocycles. The Morgan fingerprint density at radius 2 is 1.86 bits per heavy atom. The summed E-state index contributed by atoms with van der Waals surface area (Å²) < 4.78 is 0. The molecule has 0 aliphatic heterocycles. The molecule has 82 valence electrons. The van der Waals surface area contributed by atoms with Crippen LogP contribution < -0.4 is 5.73 Å². The van der Waals surface area contributed by atoms with Gasteiger partial charge in [0.1, 0.15) is 0 Å². The highest BCUT2D eigenvalue weighted by molar-refractivity contribution is 5.77. The molecule has 1 rings (SSSR count). The molecule has 2 heteroatoms. The zero-order valence-corrected chi connectivity index (χ0v) is 9.79. The average molecular weight is 197 g/mol. The summed E-state index contributed by atoms with van der Waals surface area (Å²) in [4.78, 5) is 11.4. The lowest BCUT2D eigenvalue weighted by molar-refractivity contribution is -0.127. The molecule has 0 saturated heterocycles. The fourth-order valence-electron chi connectivity index (χ4n) is 3.30. The molecule has 1 saturated carbocycles. The predicted molar refractivity (Wildman–Crippen MR) is 58.6 cm³/mol. The monoisotopic (exact) mass is 197 g/mol. The number of primary amides is 1. The van der Waals surface area contributed by atoms with E-state index in [1.165, 1.54) is 6.42 Å². The molecule has 14 heavy (non-hydrogen) atoms. The van der Waals surface area contributed by atoms with Crippen molar-refractivity contribution < 1.29 is 4.79 Å². The van der Waals surface area contributed by atoms with Crippen LogP contribution >= 0.6 is 0 Å². The van der Waals surface area contributed by atoms with Crippen LogP contribution in [0, 0.1) is 29.6 Å². The second-order valence-electron chi connectivity index (χ2n) is 5.38. The number of nitrogens with two attached hydrogens (primary N) is 1. The highest BCUT2D eigenvalue weighted by Crippen LogP contribution is 2.41. The van der Waals surface area contributed by atoms with Crippen LogP contribution in [0.15, 0.2) is 0 Å². The maximum Gasteiger partial charge on any atom is 0.220 e. The van der Waals surface area contributed by atoms with Gasteiger partial charge in [-0.25, -0.2) is 0 Å². The lowest BCUT2D eigenvalue weighted by Gasteiger charge is -2.40. The second kappa shape index (κ2) is 4.33. The Morgan fingerprint density at radius 3 is 2.29 bits per heavy atom. The van der Waals surface area contributed by atoms with Gasteiger partial charge in [0.05, 0.1) is 0 Å². The Labute approximate surface area is 87.2 Å². The third kappa shape index (κ3) is 2.28. The molecule has 0 aromatic carbocycles. The highest BCUT2D eigenvalue weighted by atomic mass is 16.1. The standard InChI is InChI=1S/C12H23NO/c1-7(2)11-9(4)5-8(3)6-10(11)12(13)14/h7-11H,5-6H2,1-4H3,(H2,13,14). The van der Waals surface area contributed by atoms with Crippen molar-refractivity contribution in [3.63, 3.8) is 0 Å². The SMILES string of the molecule is CC1CC(C)C(C(C)C)C(C(N)=O)C1. The third-order valence-electron chi connectivity index (χ3n) is 3.69. The van der Waals surface area contributed by atoms with Gasteiger partial charge in [0.15, 0.2) is 0 Å². The number of hydrogen-bond acceptors (Lipinski definition) is 1. The topological polar surface area (TPSA) is 43.1 Å². The van der Waals surface area contributed by atoms with Gasteiger partial charge in [-0.1, -0.05) is 27.7 Å². The second-order valence-corrected chi connectivity index (χ2v) is 5.38. The molecule has 1 fully saturated rings. The summed E-state index contributed by atoms with van der Waals surface area (Å²) in [5.41, 5.74) is 5.48. The summed E-state index contributed by atoms with van der Waals surface area (Å²) in [6.07, 6.45) is 2.23. The van der Waals surface area contributed by atoms with Crippen molar-refractivity contribution >= 4 is 5.91 Å². The fourth-order valence-corrected chi connectivity index (χ4v) is 3.30. The van der Waals surface area contributed by atoms with Crippen LogP contribution in [-0.4, -0.2) is 5.91 Å². The zero-order valence-electron chi connectivity index (χ0n) is 9.79. The van der Waals surface area contributed by atoms with Crippen LogP contribution in [0.2, 0.25) is 0 Å². The Morgan fingerprint density at radius 1 is 1.29 bits per heavy atom. The minimum absolute atomic E-state index is 0.0953. The summed E-state index contributed by atoms with van der Waals surface area (Å²) in [5, 5.41) is 0. The van der Waals surface area contributed by atoms with Crippen molar-refractivity contribution in [2.75, 3.05) is 0 Å². The van der Waals surface area contributed by atoms with Crippen LogP contribution in [0.3, 0.4) is 0 Å². The zero-order chi connectivity index (χ0) is 10.9. The van der Waals surface area contributed by atoms with E-state index < -0.39 is 0 Å². The molecule has 1 amide bonds. The number of amides is 1. The molecule has 0 radical (unpaired) electrons. The van der Waals surface area contributed by atoms with Gasteiger partial charge in [-0.3, -0.25) is 4.79 Å². The molecule has 0 spiro atoms. The van der Waals surface area contributed by atoms with Crippen molar-refractivity contribution in [3.8, 4) is 0 Å². The van der Waals surface area contributed by atoms with Crippen LogP contribution in [0.4, 0.5) is 0 Å². The molecule has 2 nitrogen and oxygen atoms in total. The Kier molecular flexibility index (Phi) is 3.57. The molecule has 0 bridgehead atoms. The van der Waals surface area contributed by atoms with E-state index >= 15 is 0 Å². The van der Waals surface area contributed by atoms with Gasteiger partial charge < -0.3 is 5.73 Å². The van der Waals surface area contributed by atoms with Gasteiger partial charge in [0, 0.05) is 5.92 Å². The molecule has 2 N–H and O–H groups in total. The molecular formula is C12H23NO. The molecule has 0 aromatic rings. The van der Waals surface area contributed by atoms with Gasteiger partial charge >= 0.3 is 0 Å². The normalized spacial score (nSPS) is 38.6. The molecule has 0 heterocycles. The van der Waals surface area contributed by atoms with Crippen molar-refractivity contribution in [1.82, 2.24) is 0 Å². The molecule has 4 unspecified atom stereocenters. The summed E-state index contributed by atoms with van der Waals surface area (Å²) >= 11 is 0. The molecule has 1 aliphatic rings. The average Bonchev–Trinajstić information content (AvgIpc) is 2.01. The summed E-state index contributed by atoms with van der Waals surface area (Å²) in [5.74, 6) is 2.35. The van der Waals surface area contributed by atoms with Gasteiger partial charge in [-0.15, -0.1) is 0 Å². The lowest BCUT2D eigenvalue weighted by atomic mass is 9.64. The Balaban J connectivity index is 2.80. The predicted octanol–water partition coefficient (Wildman–Crippen LogP) is 2.43. The highest BCUT2D eigenvalue weighted by Gasteiger charge is 2.38. The van der Waals surface area contributed by atoms with Crippen LogP contribution in [0.1, 0.15) is 40.5 Å². The first-order valence-corrected chi connectivity index (χ1v) is 5.72. The van der Waals surface area contributed by atoms with Crippen LogP contribution in [0.25, 0.3) is 0 Å². The fraction of sp³-hybridized carbons (Fsp3) is 0.917. The first-order chi connectivity index (χ1) is 6.43.